The topological polar surface area (TPSA) is 34.1 Å². The van der Waals surface area contributed by atoms with Crippen molar-refractivity contribution in [2.75, 3.05) is 0 Å². The van der Waals surface area contributed by atoms with Crippen LogP contribution in [0.15, 0.2) is 230 Å². The van der Waals surface area contributed by atoms with Gasteiger partial charge in [0.1, 0.15) is 0 Å². The molecule has 0 bridgehead atoms. The van der Waals surface area contributed by atoms with Crippen molar-refractivity contribution in [2.45, 2.75) is 285 Å². The molecule has 2 aliphatic rings. The molecule has 2 nitrogen and oxygen atoms in total. The number of carbonyl (C=O) groups excluding carboxylic acids is 2. The molecule has 0 fully saturated rings. The highest BCUT2D eigenvalue weighted by Crippen LogP contribution is 2.50. The van der Waals surface area contributed by atoms with Crippen molar-refractivity contribution >= 4 is 163 Å². The first-order chi connectivity index (χ1) is 59.1. The number of carbonyl (C=O) groups is 2. The summed E-state index contributed by atoms with van der Waals surface area (Å²) in [7, 11) is 0. The van der Waals surface area contributed by atoms with E-state index in [4.69, 9.17) is 0 Å². The molecule has 2 heteroatoms. The van der Waals surface area contributed by atoms with Crippen LogP contribution in [0.3, 0.4) is 0 Å². The zero-order valence-electron chi connectivity index (χ0n) is 75.4. The molecule has 2 aliphatic carbocycles. The molecule has 0 saturated heterocycles. The summed E-state index contributed by atoms with van der Waals surface area (Å²) in [5.41, 5.74) is 13.5. The van der Waals surface area contributed by atoms with Crippen molar-refractivity contribution in [2.24, 2.45) is 0 Å². The van der Waals surface area contributed by atoms with Gasteiger partial charge in [0.25, 0.3) is 0 Å². The van der Waals surface area contributed by atoms with Crippen LogP contribution in [0.4, 0.5) is 0 Å². The van der Waals surface area contributed by atoms with Gasteiger partial charge in [0.15, 0.2) is 11.6 Å². The van der Waals surface area contributed by atoms with E-state index < -0.39 is 0 Å². The Morgan fingerprint density at radius 2 is 0.328 bits per heavy atom. The van der Waals surface area contributed by atoms with Gasteiger partial charge >= 0.3 is 0 Å². The van der Waals surface area contributed by atoms with Gasteiger partial charge in [0, 0.05) is 22.3 Å². The highest BCUT2D eigenvalue weighted by molar-refractivity contribution is 6.47. The van der Waals surface area contributed by atoms with Crippen molar-refractivity contribution in [3.63, 3.8) is 0 Å². The van der Waals surface area contributed by atoms with Gasteiger partial charge in [0.05, 0.1) is 0 Å². The van der Waals surface area contributed by atoms with Gasteiger partial charge in [-0.25, -0.2) is 0 Å². The molecule has 0 amide bonds. The van der Waals surface area contributed by atoms with Gasteiger partial charge in [-0.3, -0.25) is 9.59 Å². The Morgan fingerprint density at radius 3 is 0.484 bits per heavy atom. The number of ketones is 2. The standard InChI is InChI=1S/C120H128O2/c1-13-17-21-25-29-33-53-117(5,6)99-65-85-45-37-77-57-95(58-78-38-46-86(66-99)111(85)107(77)78)103-73-93(74-104(115(103)121)96-59-79-39-47-87-67-100(118(7,8)54-34-30-26-22-18-14-2)68-88-48-40-80(60-96)108(79)112(87)88)94-75-105(97-61-81-41-49-89-69-101(119(9,10)55-35-31-27-23-19-15-3)70-90-50-42-82(62-97)109(81)113(89)90)116(122)106(76-94)98-63-83-43-51-91-71-102(120(11,12)56-36-32-28-24-20-16-4)72-92-52-44-84(64-98)110(83)114(91)92/h37-52,57-76H,13-36,53-56H2,1-12H3. The molecule has 122 heavy (non-hydrogen) atoms. The molecule has 0 radical (unpaired) electrons. The van der Waals surface area contributed by atoms with Crippen molar-refractivity contribution in [3.8, 4) is 0 Å². The number of Topliss-reactive ketones (excluding diaryl/α,β-unsaturated/α-hetero) is 2. The first kappa shape index (κ1) is 82.7. The van der Waals surface area contributed by atoms with E-state index in [0.717, 1.165) is 102 Å². The number of rotatable bonds is 36. The first-order valence-electron chi connectivity index (χ1n) is 47.7. The van der Waals surface area contributed by atoms with E-state index in [1.165, 1.54) is 263 Å². The number of hydrogen-bond acceptors (Lipinski definition) is 2. The van der Waals surface area contributed by atoms with Crippen molar-refractivity contribution < 1.29 is 9.59 Å². The summed E-state index contributed by atoms with van der Waals surface area (Å²) < 4.78 is 0. The lowest BCUT2D eigenvalue weighted by Gasteiger charge is -2.27. The summed E-state index contributed by atoms with van der Waals surface area (Å²) in [4.78, 5) is 33.3. The average Bonchev–Trinajstić information content (AvgIpc) is 0.736. The van der Waals surface area contributed by atoms with Gasteiger partial charge in [-0.2, -0.15) is 0 Å². The van der Waals surface area contributed by atoms with Crippen LogP contribution >= 0.6 is 0 Å². The molecule has 0 aromatic heterocycles. The van der Waals surface area contributed by atoms with E-state index >= 15 is 9.59 Å². The van der Waals surface area contributed by atoms with Crippen LogP contribution in [-0.2, 0) is 31.2 Å². The molecule has 18 rings (SSSR count). The van der Waals surface area contributed by atoms with Crippen LogP contribution in [0.2, 0.25) is 0 Å². The van der Waals surface area contributed by atoms with E-state index in [9.17, 15) is 0 Å². The summed E-state index contributed by atoms with van der Waals surface area (Å²) in [6.45, 7) is 28.7. The number of benzene rings is 16. The van der Waals surface area contributed by atoms with Crippen LogP contribution in [0.1, 0.15) is 307 Å². The van der Waals surface area contributed by atoms with Crippen LogP contribution < -0.4 is 0 Å². The second kappa shape index (κ2) is 34.1. The quantitative estimate of drug-likeness (QED) is 0.0290. The highest BCUT2D eigenvalue weighted by Gasteiger charge is 2.33. The van der Waals surface area contributed by atoms with E-state index in [0.29, 0.717) is 22.3 Å². The van der Waals surface area contributed by atoms with Gasteiger partial charge in [-0.05, 0) is 305 Å². The number of hydrogen-bond donors (Lipinski definition) is 0. The molecule has 0 aliphatic heterocycles. The van der Waals surface area contributed by atoms with Crippen LogP contribution in [-0.4, -0.2) is 11.6 Å². The molecule has 0 N–H and O–H groups in total. The summed E-state index contributed by atoms with van der Waals surface area (Å²) in [6.07, 6.45) is 44.3. The molecule has 0 atom stereocenters. The number of unbranched alkanes of at least 4 members (excludes halogenated alkanes) is 20. The van der Waals surface area contributed by atoms with Gasteiger partial charge < -0.3 is 0 Å². The zero-order valence-corrected chi connectivity index (χ0v) is 75.4. The lowest BCUT2D eigenvalue weighted by atomic mass is 9.77. The fourth-order valence-corrected chi connectivity index (χ4v) is 22.0. The van der Waals surface area contributed by atoms with Crippen LogP contribution in [0.5, 0.6) is 0 Å². The molecule has 16 aromatic carbocycles. The highest BCUT2D eigenvalue weighted by atomic mass is 16.1. The summed E-state index contributed by atoms with van der Waals surface area (Å²) in [5.74, 6) is -0.0449. The predicted molar refractivity (Wildman–Crippen MR) is 534 cm³/mol. The second-order valence-electron chi connectivity index (χ2n) is 40.3. The van der Waals surface area contributed by atoms with Crippen molar-refractivity contribution in [1.29, 1.82) is 0 Å². The minimum Gasteiger partial charge on any atom is -0.289 e. The Kier molecular flexibility index (Phi) is 23.1. The second-order valence-corrected chi connectivity index (χ2v) is 40.3. The van der Waals surface area contributed by atoms with Crippen LogP contribution in [0.25, 0.3) is 152 Å². The zero-order chi connectivity index (χ0) is 84.3. The molecule has 0 spiro atoms. The molecule has 0 heterocycles. The van der Waals surface area contributed by atoms with Gasteiger partial charge in [-0.15, -0.1) is 0 Å². The fourth-order valence-electron chi connectivity index (χ4n) is 22.0. The molecule has 0 unspecified atom stereocenters. The first-order valence-corrected chi connectivity index (χ1v) is 47.7. The Balaban J connectivity index is 0.798. The third-order valence-electron chi connectivity index (χ3n) is 29.6. The third-order valence-corrected chi connectivity index (χ3v) is 29.6. The average molecular weight is 1600 g/mol. The molecule has 16 aromatic rings. The fraction of sp³-hybridized carbons (Fsp3) is 0.367. The molecule has 620 valence electrons. The largest absolute Gasteiger partial charge is 0.289 e. The Morgan fingerprint density at radius 1 is 0.189 bits per heavy atom. The van der Waals surface area contributed by atoms with E-state index in [2.05, 4.69) is 302 Å². The van der Waals surface area contributed by atoms with Gasteiger partial charge in [-0.1, -0.05) is 383 Å². The Bertz CT molecular complexity index is 5760. The van der Waals surface area contributed by atoms with Crippen molar-refractivity contribution in [1.82, 2.24) is 0 Å². The predicted octanol–water partition coefficient (Wildman–Crippen LogP) is 35.5. The monoisotopic (exact) mass is 1600 g/mol. The Hall–Kier alpha value is -10.3. The minimum atomic E-state index is -0.0225. The third kappa shape index (κ3) is 15.9. The lowest BCUT2D eigenvalue weighted by Crippen LogP contribution is -2.17. The minimum absolute atomic E-state index is 0.0225. The van der Waals surface area contributed by atoms with Gasteiger partial charge in [0.2, 0.25) is 0 Å². The van der Waals surface area contributed by atoms with Crippen LogP contribution in [0, 0.1) is 0 Å². The van der Waals surface area contributed by atoms with E-state index in [-0.39, 0.29) is 33.2 Å². The number of allylic oxidation sites excluding steroid dienone is 10. The molecular weight excluding hydrogens is 1470 g/mol. The maximum absolute atomic E-state index is 16.6. The molecule has 0 saturated carbocycles. The van der Waals surface area contributed by atoms with Crippen molar-refractivity contribution in [3.05, 3.63) is 274 Å². The summed E-state index contributed by atoms with van der Waals surface area (Å²) >= 11 is 0. The Labute approximate surface area is 726 Å². The smallest absolute Gasteiger partial charge is 0.194 e. The summed E-state index contributed by atoms with van der Waals surface area (Å²) in [5, 5.41) is 29.0. The lowest BCUT2D eigenvalue weighted by molar-refractivity contribution is -0.109. The maximum Gasteiger partial charge on any atom is 0.194 e. The van der Waals surface area contributed by atoms with E-state index in [1.54, 1.807) is 0 Å². The summed E-state index contributed by atoms with van der Waals surface area (Å²) in [6, 6.07) is 75.0. The van der Waals surface area contributed by atoms with E-state index in [1.807, 2.05) is 0 Å². The SMILES string of the molecule is CCCCCCCCC(C)(C)c1cc2ccc3cc(C4=CC(=C5C=C(c6cc7ccc8cc(C(C)(C)CCCCCCCC)cc9ccc(c6)c7c89)C(=O)C(c6cc7ccc8cc(C(C)(C)CCCCCCCC)cc9ccc(c6)c7c89)=C5)C=C(c5cc6ccc7cc(C(C)(C)CCCCCCCC)cc8ccc(c5)c6c78)C4=O)cc4ccc(c1)c2c34. The molecular formula is C120H128O2. The normalized spacial score (nSPS) is 14.4. The maximum atomic E-state index is 16.6.